The van der Waals surface area contributed by atoms with Crippen molar-refractivity contribution in [2.24, 2.45) is 0 Å². The molecule has 0 radical (unpaired) electrons. The van der Waals surface area contributed by atoms with Crippen LogP contribution in [0.25, 0.3) is 11.4 Å². The van der Waals surface area contributed by atoms with Crippen LogP contribution >= 0.6 is 23.1 Å². The number of hydrogen-bond acceptors (Lipinski definition) is 5. The number of aromatic nitrogens is 2. The first kappa shape index (κ1) is 16.7. The number of nitrogens with zero attached hydrogens (tertiary/aromatic N) is 2. The minimum absolute atomic E-state index is 0.0333. The van der Waals surface area contributed by atoms with Crippen LogP contribution in [0.4, 0.5) is 5.13 Å². The SMILES string of the molecule is Cc1ccc(CSCC(=O)Nc2nc(-c3ccccn3)cs2)cc1. The first-order chi connectivity index (χ1) is 11.7. The number of thiazole rings is 1. The van der Waals surface area contributed by atoms with Gasteiger partial charge in [0.05, 0.1) is 11.4 Å². The van der Waals surface area contributed by atoms with Gasteiger partial charge in [-0.05, 0) is 24.6 Å². The average molecular weight is 355 g/mol. The standard InChI is InChI=1S/C18H17N3OS2/c1-13-5-7-14(8-6-13)10-23-12-17(22)21-18-20-16(11-24-18)15-4-2-3-9-19-15/h2-9,11H,10,12H2,1H3,(H,20,21,22). The van der Waals surface area contributed by atoms with E-state index in [1.807, 2.05) is 23.6 Å². The first-order valence-electron chi connectivity index (χ1n) is 7.51. The lowest BCUT2D eigenvalue weighted by Gasteiger charge is -2.03. The minimum atomic E-state index is -0.0333. The van der Waals surface area contributed by atoms with Crippen LogP contribution in [0.15, 0.2) is 54.0 Å². The third kappa shape index (κ3) is 4.66. The molecule has 0 unspecified atom stereocenters. The van der Waals surface area contributed by atoms with Crippen molar-refractivity contribution in [3.63, 3.8) is 0 Å². The molecule has 0 aliphatic rings. The van der Waals surface area contributed by atoms with Gasteiger partial charge in [-0.2, -0.15) is 0 Å². The molecule has 6 heteroatoms. The Hall–Kier alpha value is -2.18. The Morgan fingerprint density at radius 2 is 2.00 bits per heavy atom. The summed E-state index contributed by atoms with van der Waals surface area (Å²) < 4.78 is 0. The molecule has 2 aromatic heterocycles. The molecule has 0 fully saturated rings. The lowest BCUT2D eigenvalue weighted by molar-refractivity contribution is -0.113. The molecule has 122 valence electrons. The zero-order chi connectivity index (χ0) is 16.8. The number of carbonyl (C=O) groups excluding carboxylic acids is 1. The van der Waals surface area contributed by atoms with E-state index < -0.39 is 0 Å². The normalized spacial score (nSPS) is 10.5. The van der Waals surface area contributed by atoms with E-state index in [9.17, 15) is 4.79 Å². The predicted octanol–water partition coefficient (Wildman–Crippen LogP) is 4.39. The maximum Gasteiger partial charge on any atom is 0.236 e. The number of nitrogens with one attached hydrogen (secondary N) is 1. The van der Waals surface area contributed by atoms with Crippen molar-refractivity contribution in [2.75, 3.05) is 11.1 Å². The minimum Gasteiger partial charge on any atom is -0.301 e. The van der Waals surface area contributed by atoms with Gasteiger partial charge in [-0.25, -0.2) is 4.98 Å². The van der Waals surface area contributed by atoms with Crippen LogP contribution < -0.4 is 5.32 Å². The van der Waals surface area contributed by atoms with Crippen LogP contribution in [0.1, 0.15) is 11.1 Å². The average Bonchev–Trinajstić information content (AvgIpc) is 3.06. The molecule has 0 aliphatic heterocycles. The molecule has 24 heavy (non-hydrogen) atoms. The van der Waals surface area contributed by atoms with Crippen molar-refractivity contribution in [3.05, 3.63) is 65.2 Å². The molecular weight excluding hydrogens is 338 g/mol. The fourth-order valence-electron chi connectivity index (χ4n) is 2.06. The number of anilines is 1. The van der Waals surface area contributed by atoms with E-state index in [0.717, 1.165) is 17.1 Å². The number of carbonyl (C=O) groups is 1. The van der Waals surface area contributed by atoms with Crippen molar-refractivity contribution in [1.29, 1.82) is 0 Å². The number of thioether (sulfide) groups is 1. The van der Waals surface area contributed by atoms with Crippen LogP contribution in [0.2, 0.25) is 0 Å². The largest absolute Gasteiger partial charge is 0.301 e. The third-order valence-electron chi connectivity index (χ3n) is 3.30. The van der Waals surface area contributed by atoms with Gasteiger partial charge in [0.25, 0.3) is 0 Å². The summed E-state index contributed by atoms with van der Waals surface area (Å²) in [7, 11) is 0. The van der Waals surface area contributed by atoms with Gasteiger partial charge in [-0.15, -0.1) is 23.1 Å². The fraction of sp³-hybridized carbons (Fsp3) is 0.167. The second-order valence-electron chi connectivity index (χ2n) is 5.28. The van der Waals surface area contributed by atoms with Crippen molar-refractivity contribution >= 4 is 34.1 Å². The highest BCUT2D eigenvalue weighted by atomic mass is 32.2. The molecule has 0 bridgehead atoms. The number of benzene rings is 1. The second-order valence-corrected chi connectivity index (χ2v) is 7.12. The Labute approximate surface area is 149 Å². The highest BCUT2D eigenvalue weighted by Gasteiger charge is 2.08. The summed E-state index contributed by atoms with van der Waals surface area (Å²) in [6.45, 7) is 2.07. The van der Waals surface area contributed by atoms with Crippen LogP contribution in [-0.4, -0.2) is 21.6 Å². The van der Waals surface area contributed by atoms with Gasteiger partial charge in [0.1, 0.15) is 5.69 Å². The van der Waals surface area contributed by atoms with E-state index in [4.69, 9.17) is 0 Å². The molecular formula is C18H17N3OS2. The monoisotopic (exact) mass is 355 g/mol. The molecule has 3 aromatic rings. The van der Waals surface area contributed by atoms with E-state index in [1.54, 1.807) is 18.0 Å². The maximum absolute atomic E-state index is 12.0. The van der Waals surface area contributed by atoms with Gasteiger partial charge < -0.3 is 5.32 Å². The topological polar surface area (TPSA) is 54.9 Å². The van der Waals surface area contributed by atoms with E-state index in [0.29, 0.717) is 10.9 Å². The molecule has 1 amide bonds. The van der Waals surface area contributed by atoms with Gasteiger partial charge >= 0.3 is 0 Å². The van der Waals surface area contributed by atoms with Gasteiger partial charge in [0.15, 0.2) is 5.13 Å². The second kappa shape index (κ2) is 8.08. The Morgan fingerprint density at radius 1 is 1.17 bits per heavy atom. The van der Waals surface area contributed by atoms with Gasteiger partial charge in [-0.1, -0.05) is 35.9 Å². The van der Waals surface area contributed by atoms with E-state index >= 15 is 0 Å². The smallest absolute Gasteiger partial charge is 0.236 e. The van der Waals surface area contributed by atoms with Crippen LogP contribution in [0.5, 0.6) is 0 Å². The van der Waals surface area contributed by atoms with Crippen LogP contribution in [0, 0.1) is 6.92 Å². The van der Waals surface area contributed by atoms with Gasteiger partial charge in [0.2, 0.25) is 5.91 Å². The summed E-state index contributed by atoms with van der Waals surface area (Å²) in [5.41, 5.74) is 4.06. The van der Waals surface area contributed by atoms with Crippen molar-refractivity contribution in [1.82, 2.24) is 9.97 Å². The molecule has 0 atom stereocenters. The molecule has 0 aliphatic carbocycles. The number of pyridine rings is 1. The molecule has 1 N–H and O–H groups in total. The quantitative estimate of drug-likeness (QED) is 0.713. The predicted molar refractivity (Wildman–Crippen MR) is 101 cm³/mol. The number of rotatable bonds is 6. The van der Waals surface area contributed by atoms with E-state index in [1.165, 1.54) is 22.5 Å². The summed E-state index contributed by atoms with van der Waals surface area (Å²) in [6.07, 6.45) is 1.73. The Kier molecular flexibility index (Phi) is 5.61. The Balaban J connectivity index is 1.48. The summed E-state index contributed by atoms with van der Waals surface area (Å²) in [5.74, 6) is 1.20. The number of amides is 1. The first-order valence-corrected chi connectivity index (χ1v) is 9.54. The Bertz CT molecular complexity index is 801. The highest BCUT2D eigenvalue weighted by Crippen LogP contribution is 2.23. The van der Waals surface area contributed by atoms with Crippen molar-refractivity contribution < 1.29 is 4.79 Å². The molecule has 3 rings (SSSR count). The Morgan fingerprint density at radius 3 is 2.75 bits per heavy atom. The van der Waals surface area contributed by atoms with E-state index in [2.05, 4.69) is 46.5 Å². The molecule has 4 nitrogen and oxygen atoms in total. The number of aryl methyl sites for hydroxylation is 1. The van der Waals surface area contributed by atoms with Gasteiger partial charge in [-0.3, -0.25) is 9.78 Å². The van der Waals surface area contributed by atoms with Crippen molar-refractivity contribution in [3.8, 4) is 11.4 Å². The van der Waals surface area contributed by atoms with Crippen LogP contribution in [-0.2, 0) is 10.5 Å². The fourth-order valence-corrected chi connectivity index (χ4v) is 3.57. The summed E-state index contributed by atoms with van der Waals surface area (Å²) in [4.78, 5) is 20.7. The summed E-state index contributed by atoms with van der Waals surface area (Å²) in [6, 6.07) is 14.1. The molecule has 0 saturated carbocycles. The molecule has 0 spiro atoms. The summed E-state index contributed by atoms with van der Waals surface area (Å²) >= 11 is 3.01. The zero-order valence-electron chi connectivity index (χ0n) is 13.2. The number of hydrogen-bond donors (Lipinski definition) is 1. The highest BCUT2D eigenvalue weighted by molar-refractivity contribution is 7.99. The molecule has 2 heterocycles. The van der Waals surface area contributed by atoms with Crippen LogP contribution in [0.3, 0.4) is 0 Å². The summed E-state index contributed by atoms with van der Waals surface area (Å²) in [5, 5.41) is 5.36. The lowest BCUT2D eigenvalue weighted by Crippen LogP contribution is -2.14. The molecule has 1 aromatic carbocycles. The van der Waals surface area contributed by atoms with Crippen molar-refractivity contribution in [2.45, 2.75) is 12.7 Å². The molecule has 0 saturated heterocycles. The lowest BCUT2D eigenvalue weighted by atomic mass is 10.2. The maximum atomic E-state index is 12.0. The third-order valence-corrected chi connectivity index (χ3v) is 5.06. The van der Waals surface area contributed by atoms with Gasteiger partial charge in [0, 0.05) is 17.3 Å². The zero-order valence-corrected chi connectivity index (χ0v) is 14.9. The van der Waals surface area contributed by atoms with E-state index in [-0.39, 0.29) is 5.91 Å².